The molecule has 0 bridgehead atoms. The molecule has 0 aromatic heterocycles. The summed E-state index contributed by atoms with van der Waals surface area (Å²) in [7, 11) is 0. The van der Waals surface area contributed by atoms with Gasteiger partial charge in [0, 0.05) is 24.7 Å². The fourth-order valence-corrected chi connectivity index (χ4v) is 2.39. The molecule has 2 atom stereocenters. The summed E-state index contributed by atoms with van der Waals surface area (Å²) in [6.45, 7) is 0.274. The summed E-state index contributed by atoms with van der Waals surface area (Å²) in [5.74, 6) is -4.22. The summed E-state index contributed by atoms with van der Waals surface area (Å²) in [6.07, 6.45) is 2.76. The average molecular weight is 272 g/mol. The summed E-state index contributed by atoms with van der Waals surface area (Å²) in [5.41, 5.74) is 5.08. The molecule has 0 saturated heterocycles. The Morgan fingerprint density at radius 3 is 2.42 bits per heavy atom. The van der Waals surface area contributed by atoms with Crippen LogP contribution in [0.1, 0.15) is 29.6 Å². The lowest BCUT2D eigenvalue weighted by Crippen LogP contribution is -2.36. The molecular formula is C13H15F3N2O. The van der Waals surface area contributed by atoms with Gasteiger partial charge in [-0.15, -0.1) is 0 Å². The number of hydrogen-bond acceptors (Lipinski definition) is 2. The SMILES string of the molecule is NC1CCCC1CNC(=O)c1c(F)cc(F)cc1F. The van der Waals surface area contributed by atoms with E-state index in [4.69, 9.17) is 5.73 Å². The molecule has 1 aliphatic carbocycles. The summed E-state index contributed by atoms with van der Waals surface area (Å²) in [4.78, 5) is 11.7. The molecule has 1 aliphatic rings. The summed E-state index contributed by atoms with van der Waals surface area (Å²) >= 11 is 0. The van der Waals surface area contributed by atoms with Gasteiger partial charge in [-0.25, -0.2) is 13.2 Å². The Labute approximate surface area is 109 Å². The number of benzene rings is 1. The van der Waals surface area contributed by atoms with Crippen LogP contribution in [0.4, 0.5) is 13.2 Å². The van der Waals surface area contributed by atoms with E-state index in [-0.39, 0.29) is 18.5 Å². The minimum absolute atomic E-state index is 0.00297. The highest BCUT2D eigenvalue weighted by Gasteiger charge is 2.25. The maximum Gasteiger partial charge on any atom is 0.257 e. The van der Waals surface area contributed by atoms with Gasteiger partial charge in [0.05, 0.1) is 0 Å². The molecule has 2 unspecified atom stereocenters. The van der Waals surface area contributed by atoms with Crippen LogP contribution in [0.2, 0.25) is 0 Å². The lowest BCUT2D eigenvalue weighted by molar-refractivity contribution is 0.0938. The fraction of sp³-hybridized carbons (Fsp3) is 0.462. The van der Waals surface area contributed by atoms with Crippen molar-refractivity contribution in [2.24, 2.45) is 11.7 Å². The maximum atomic E-state index is 13.4. The highest BCUT2D eigenvalue weighted by Crippen LogP contribution is 2.23. The molecule has 0 spiro atoms. The van der Waals surface area contributed by atoms with E-state index in [0.29, 0.717) is 12.1 Å². The average Bonchev–Trinajstić information content (AvgIpc) is 2.70. The van der Waals surface area contributed by atoms with Gasteiger partial charge in [0.2, 0.25) is 0 Å². The number of carbonyl (C=O) groups excluding carboxylic acids is 1. The Morgan fingerprint density at radius 1 is 1.26 bits per heavy atom. The Morgan fingerprint density at radius 2 is 1.89 bits per heavy atom. The normalized spacial score (nSPS) is 22.5. The molecule has 3 N–H and O–H groups in total. The number of nitrogens with one attached hydrogen (secondary N) is 1. The van der Waals surface area contributed by atoms with Gasteiger partial charge in [-0.05, 0) is 18.8 Å². The first-order valence-corrected chi connectivity index (χ1v) is 6.17. The highest BCUT2D eigenvalue weighted by atomic mass is 19.1. The quantitative estimate of drug-likeness (QED) is 0.883. The largest absolute Gasteiger partial charge is 0.352 e. The van der Waals surface area contributed by atoms with Gasteiger partial charge < -0.3 is 11.1 Å². The molecule has 104 valence electrons. The van der Waals surface area contributed by atoms with Crippen LogP contribution in [0, 0.1) is 23.4 Å². The third-order valence-electron chi connectivity index (χ3n) is 3.48. The van der Waals surface area contributed by atoms with Crippen molar-refractivity contribution in [3.8, 4) is 0 Å². The predicted octanol–water partition coefficient (Wildman–Crippen LogP) is 1.96. The van der Waals surface area contributed by atoms with Gasteiger partial charge in [-0.1, -0.05) is 6.42 Å². The Balaban J connectivity index is 2.04. The van der Waals surface area contributed by atoms with Crippen molar-refractivity contribution < 1.29 is 18.0 Å². The molecule has 1 amide bonds. The zero-order chi connectivity index (χ0) is 14.0. The molecule has 19 heavy (non-hydrogen) atoms. The molecule has 6 heteroatoms. The second kappa shape index (κ2) is 5.61. The van der Waals surface area contributed by atoms with E-state index in [1.54, 1.807) is 0 Å². The predicted molar refractivity (Wildman–Crippen MR) is 64.0 cm³/mol. The monoisotopic (exact) mass is 272 g/mol. The van der Waals surface area contributed by atoms with Crippen LogP contribution in [0.15, 0.2) is 12.1 Å². The van der Waals surface area contributed by atoms with Crippen LogP contribution in [0.25, 0.3) is 0 Å². The van der Waals surface area contributed by atoms with Crippen molar-refractivity contribution in [3.05, 3.63) is 35.1 Å². The number of rotatable bonds is 3. The van der Waals surface area contributed by atoms with E-state index in [0.717, 1.165) is 19.3 Å². The highest BCUT2D eigenvalue weighted by molar-refractivity contribution is 5.94. The molecule has 0 radical (unpaired) electrons. The van der Waals surface area contributed by atoms with Crippen molar-refractivity contribution in [1.29, 1.82) is 0 Å². The molecule has 0 heterocycles. The Bertz CT molecular complexity index is 470. The number of halogens is 3. The first kappa shape index (κ1) is 13.9. The van der Waals surface area contributed by atoms with Crippen molar-refractivity contribution in [3.63, 3.8) is 0 Å². The second-order valence-electron chi connectivity index (χ2n) is 4.81. The molecule has 0 aliphatic heterocycles. The summed E-state index contributed by atoms with van der Waals surface area (Å²) in [5, 5.41) is 2.45. The number of hydrogen-bond donors (Lipinski definition) is 2. The topological polar surface area (TPSA) is 55.1 Å². The number of carbonyl (C=O) groups is 1. The minimum Gasteiger partial charge on any atom is -0.352 e. The van der Waals surface area contributed by atoms with Crippen LogP contribution in [-0.4, -0.2) is 18.5 Å². The minimum atomic E-state index is -1.20. The Kier molecular flexibility index (Phi) is 4.09. The smallest absolute Gasteiger partial charge is 0.257 e. The van der Waals surface area contributed by atoms with Crippen LogP contribution in [0.3, 0.4) is 0 Å². The molecule has 1 saturated carbocycles. The van der Waals surface area contributed by atoms with Crippen LogP contribution in [0.5, 0.6) is 0 Å². The van der Waals surface area contributed by atoms with Gasteiger partial charge in [-0.3, -0.25) is 4.79 Å². The molecule has 1 aromatic rings. The van der Waals surface area contributed by atoms with Crippen LogP contribution in [-0.2, 0) is 0 Å². The van der Waals surface area contributed by atoms with Crippen molar-refractivity contribution in [1.82, 2.24) is 5.32 Å². The van der Waals surface area contributed by atoms with Gasteiger partial charge in [0.1, 0.15) is 23.0 Å². The zero-order valence-corrected chi connectivity index (χ0v) is 10.3. The van der Waals surface area contributed by atoms with Crippen molar-refractivity contribution in [2.45, 2.75) is 25.3 Å². The third-order valence-corrected chi connectivity index (χ3v) is 3.48. The lowest BCUT2D eigenvalue weighted by Gasteiger charge is -2.16. The van der Waals surface area contributed by atoms with Gasteiger partial charge >= 0.3 is 0 Å². The summed E-state index contributed by atoms with van der Waals surface area (Å²) in [6, 6.07) is 0.974. The Hall–Kier alpha value is -1.56. The first-order chi connectivity index (χ1) is 8.99. The van der Waals surface area contributed by atoms with Gasteiger partial charge in [0.25, 0.3) is 5.91 Å². The van der Waals surface area contributed by atoms with Crippen LogP contribution < -0.4 is 11.1 Å². The van der Waals surface area contributed by atoms with Gasteiger partial charge in [0.15, 0.2) is 0 Å². The molecule has 1 fully saturated rings. The van der Waals surface area contributed by atoms with E-state index in [2.05, 4.69) is 5.32 Å². The van der Waals surface area contributed by atoms with E-state index in [1.807, 2.05) is 0 Å². The first-order valence-electron chi connectivity index (χ1n) is 6.17. The van der Waals surface area contributed by atoms with E-state index >= 15 is 0 Å². The van der Waals surface area contributed by atoms with E-state index in [9.17, 15) is 18.0 Å². The number of nitrogens with two attached hydrogens (primary N) is 1. The zero-order valence-electron chi connectivity index (χ0n) is 10.3. The van der Waals surface area contributed by atoms with E-state index in [1.165, 1.54) is 0 Å². The van der Waals surface area contributed by atoms with Gasteiger partial charge in [-0.2, -0.15) is 0 Å². The standard InChI is InChI=1S/C13H15F3N2O/c14-8-4-9(15)12(10(16)5-8)13(19)18-6-7-2-1-3-11(7)17/h4-5,7,11H,1-3,6,17H2,(H,18,19). The van der Waals surface area contributed by atoms with Crippen molar-refractivity contribution >= 4 is 5.91 Å². The van der Waals surface area contributed by atoms with E-state index < -0.39 is 28.9 Å². The second-order valence-corrected chi connectivity index (χ2v) is 4.81. The molecule has 1 aromatic carbocycles. The number of amides is 1. The molecule has 2 rings (SSSR count). The van der Waals surface area contributed by atoms with Crippen molar-refractivity contribution in [2.75, 3.05) is 6.54 Å². The lowest BCUT2D eigenvalue weighted by atomic mass is 10.0. The molecule has 3 nitrogen and oxygen atoms in total. The summed E-state index contributed by atoms with van der Waals surface area (Å²) < 4.78 is 39.5. The molecular weight excluding hydrogens is 257 g/mol. The van der Waals surface area contributed by atoms with Crippen LogP contribution >= 0.6 is 0 Å². The maximum absolute atomic E-state index is 13.4. The fourth-order valence-electron chi connectivity index (χ4n) is 2.39. The third kappa shape index (κ3) is 3.07.